The number of nitrogens with one attached hydrogen (secondary N) is 1. The van der Waals surface area contributed by atoms with Crippen molar-refractivity contribution in [1.29, 1.82) is 0 Å². The van der Waals surface area contributed by atoms with Gasteiger partial charge in [0.15, 0.2) is 0 Å². The molecule has 0 saturated carbocycles. The van der Waals surface area contributed by atoms with Crippen LogP contribution in [0.3, 0.4) is 0 Å². The molecule has 0 bridgehead atoms. The summed E-state index contributed by atoms with van der Waals surface area (Å²) < 4.78 is 15.9. The van der Waals surface area contributed by atoms with E-state index in [-0.39, 0.29) is 0 Å². The van der Waals surface area contributed by atoms with Crippen molar-refractivity contribution in [1.82, 2.24) is 5.32 Å². The van der Waals surface area contributed by atoms with Gasteiger partial charge in [0.05, 0.1) is 13.2 Å². The Morgan fingerprint density at radius 1 is 1.50 bits per heavy atom. The Bertz CT molecular complexity index is 152. The molecule has 0 unspecified atom stereocenters. The minimum absolute atomic E-state index is 0.598. The molecular formula is C8H15NO3. The standard InChI is InChI=1S/C8H15NO3/c1-3-8(10-5-4-9-2)11-6-7-12-8/h4-5,9H,3,6-7H2,1-2H3/b5-4-. The molecule has 1 saturated heterocycles. The molecule has 0 aromatic heterocycles. The van der Waals surface area contributed by atoms with Crippen LogP contribution in [0.25, 0.3) is 0 Å². The van der Waals surface area contributed by atoms with E-state index in [0.717, 1.165) is 0 Å². The van der Waals surface area contributed by atoms with Gasteiger partial charge in [0.2, 0.25) is 0 Å². The maximum absolute atomic E-state index is 5.31. The van der Waals surface area contributed by atoms with Crippen molar-refractivity contribution < 1.29 is 14.2 Å². The highest BCUT2D eigenvalue weighted by Gasteiger charge is 2.36. The summed E-state index contributed by atoms with van der Waals surface area (Å²) in [7, 11) is 1.80. The van der Waals surface area contributed by atoms with Gasteiger partial charge in [-0.1, -0.05) is 6.92 Å². The Kier molecular flexibility index (Phi) is 3.37. The van der Waals surface area contributed by atoms with E-state index in [1.54, 1.807) is 13.2 Å². The monoisotopic (exact) mass is 173 g/mol. The van der Waals surface area contributed by atoms with Crippen molar-refractivity contribution in [2.45, 2.75) is 19.3 Å². The second kappa shape index (κ2) is 4.33. The molecule has 0 aliphatic carbocycles. The van der Waals surface area contributed by atoms with Gasteiger partial charge in [0.25, 0.3) is 0 Å². The lowest BCUT2D eigenvalue weighted by Crippen LogP contribution is -2.30. The van der Waals surface area contributed by atoms with Gasteiger partial charge in [-0.15, -0.1) is 0 Å². The third-order valence-electron chi connectivity index (χ3n) is 1.64. The molecule has 1 aliphatic heterocycles. The van der Waals surface area contributed by atoms with Crippen LogP contribution in [0.5, 0.6) is 0 Å². The zero-order chi connectivity index (χ0) is 8.86. The zero-order valence-corrected chi connectivity index (χ0v) is 7.50. The lowest BCUT2D eigenvalue weighted by Gasteiger charge is -2.23. The summed E-state index contributed by atoms with van der Waals surface area (Å²) in [5.41, 5.74) is 0. The second-order valence-corrected chi connectivity index (χ2v) is 2.44. The fourth-order valence-electron chi connectivity index (χ4n) is 0.997. The molecular weight excluding hydrogens is 158 g/mol. The smallest absolute Gasteiger partial charge is 0.326 e. The van der Waals surface area contributed by atoms with Crippen LogP contribution in [0.15, 0.2) is 12.5 Å². The fraction of sp³-hybridized carbons (Fsp3) is 0.750. The Hall–Kier alpha value is -0.740. The highest BCUT2D eigenvalue weighted by molar-refractivity contribution is 4.72. The molecule has 70 valence electrons. The first-order chi connectivity index (χ1) is 5.83. The maximum Gasteiger partial charge on any atom is 0.326 e. The van der Waals surface area contributed by atoms with Gasteiger partial charge in [-0.2, -0.15) is 0 Å². The average molecular weight is 173 g/mol. The molecule has 1 N–H and O–H groups in total. The number of ether oxygens (including phenoxy) is 3. The molecule has 0 spiro atoms. The number of hydrogen-bond acceptors (Lipinski definition) is 4. The fourth-order valence-corrected chi connectivity index (χ4v) is 0.997. The topological polar surface area (TPSA) is 39.7 Å². The molecule has 0 radical (unpaired) electrons. The molecule has 0 aromatic carbocycles. The molecule has 0 atom stereocenters. The van der Waals surface area contributed by atoms with Crippen LogP contribution >= 0.6 is 0 Å². The molecule has 12 heavy (non-hydrogen) atoms. The van der Waals surface area contributed by atoms with Gasteiger partial charge in [0.1, 0.15) is 6.26 Å². The lowest BCUT2D eigenvalue weighted by molar-refractivity contribution is -0.308. The summed E-state index contributed by atoms with van der Waals surface area (Å²) in [5, 5.41) is 2.82. The summed E-state index contributed by atoms with van der Waals surface area (Å²) in [6, 6.07) is 0. The van der Waals surface area contributed by atoms with Crippen LogP contribution in [0, 0.1) is 0 Å². The normalized spacial score (nSPS) is 21.5. The number of rotatable bonds is 4. The SMILES string of the molecule is CCC1(O/C=C\NC)OCCO1. The minimum Gasteiger partial charge on any atom is -0.445 e. The van der Waals surface area contributed by atoms with Crippen LogP contribution in [0.2, 0.25) is 0 Å². The average Bonchev–Trinajstić information content (AvgIpc) is 2.55. The van der Waals surface area contributed by atoms with Crippen molar-refractivity contribution in [3.63, 3.8) is 0 Å². The van der Waals surface area contributed by atoms with E-state index in [0.29, 0.717) is 19.6 Å². The van der Waals surface area contributed by atoms with Crippen LogP contribution in [-0.4, -0.2) is 26.2 Å². The van der Waals surface area contributed by atoms with E-state index in [4.69, 9.17) is 14.2 Å². The van der Waals surface area contributed by atoms with E-state index in [2.05, 4.69) is 5.32 Å². The molecule has 1 rings (SSSR count). The minimum atomic E-state index is -0.840. The van der Waals surface area contributed by atoms with E-state index in [1.165, 1.54) is 6.26 Å². The van der Waals surface area contributed by atoms with Gasteiger partial charge in [-0.3, -0.25) is 0 Å². The summed E-state index contributed by atoms with van der Waals surface area (Å²) in [4.78, 5) is 0. The molecule has 0 amide bonds. The molecule has 1 heterocycles. The van der Waals surface area contributed by atoms with Crippen LogP contribution < -0.4 is 5.32 Å². The second-order valence-electron chi connectivity index (χ2n) is 2.44. The summed E-state index contributed by atoms with van der Waals surface area (Å²) in [5.74, 6) is -0.840. The Balaban J connectivity index is 2.38. The van der Waals surface area contributed by atoms with Crippen LogP contribution in [0.1, 0.15) is 13.3 Å². The molecule has 0 aromatic rings. The predicted molar refractivity (Wildman–Crippen MR) is 44.2 cm³/mol. The van der Waals surface area contributed by atoms with Crippen molar-refractivity contribution in [2.24, 2.45) is 0 Å². The van der Waals surface area contributed by atoms with Crippen molar-refractivity contribution in [3.8, 4) is 0 Å². The van der Waals surface area contributed by atoms with E-state index in [9.17, 15) is 0 Å². The molecule has 4 heteroatoms. The predicted octanol–water partition coefficient (Wildman–Crippen LogP) is 0.804. The Morgan fingerprint density at radius 3 is 2.67 bits per heavy atom. The van der Waals surface area contributed by atoms with E-state index in [1.807, 2.05) is 6.92 Å². The molecule has 1 fully saturated rings. The van der Waals surface area contributed by atoms with Gasteiger partial charge < -0.3 is 19.5 Å². The third-order valence-corrected chi connectivity index (χ3v) is 1.64. The highest BCUT2D eigenvalue weighted by Crippen LogP contribution is 2.24. The highest BCUT2D eigenvalue weighted by atomic mass is 16.9. The molecule has 1 aliphatic rings. The van der Waals surface area contributed by atoms with Gasteiger partial charge in [-0.25, -0.2) is 0 Å². The van der Waals surface area contributed by atoms with E-state index < -0.39 is 5.97 Å². The number of hydrogen-bond donors (Lipinski definition) is 1. The first-order valence-electron chi connectivity index (χ1n) is 4.11. The summed E-state index contributed by atoms with van der Waals surface area (Å²) >= 11 is 0. The summed E-state index contributed by atoms with van der Waals surface area (Å²) in [6.45, 7) is 3.15. The Labute approximate surface area is 72.5 Å². The molecule has 4 nitrogen and oxygen atoms in total. The first kappa shape index (κ1) is 9.35. The van der Waals surface area contributed by atoms with Crippen molar-refractivity contribution in [3.05, 3.63) is 12.5 Å². The van der Waals surface area contributed by atoms with Crippen molar-refractivity contribution in [2.75, 3.05) is 20.3 Å². The van der Waals surface area contributed by atoms with Gasteiger partial charge in [-0.05, 0) is 0 Å². The summed E-state index contributed by atoms with van der Waals surface area (Å²) in [6.07, 6.45) is 3.90. The van der Waals surface area contributed by atoms with Crippen molar-refractivity contribution >= 4 is 0 Å². The van der Waals surface area contributed by atoms with Crippen LogP contribution in [-0.2, 0) is 14.2 Å². The van der Waals surface area contributed by atoms with E-state index >= 15 is 0 Å². The lowest BCUT2D eigenvalue weighted by atomic mass is 10.4. The largest absolute Gasteiger partial charge is 0.445 e. The third kappa shape index (κ3) is 2.12. The Morgan fingerprint density at radius 2 is 2.17 bits per heavy atom. The van der Waals surface area contributed by atoms with Gasteiger partial charge >= 0.3 is 5.97 Å². The quantitative estimate of drug-likeness (QED) is 0.638. The van der Waals surface area contributed by atoms with Crippen LogP contribution in [0.4, 0.5) is 0 Å². The van der Waals surface area contributed by atoms with Gasteiger partial charge in [0, 0.05) is 19.7 Å². The first-order valence-corrected chi connectivity index (χ1v) is 4.11. The maximum atomic E-state index is 5.31. The zero-order valence-electron chi connectivity index (χ0n) is 7.50.